The largest absolute Gasteiger partial charge is 0.457 e. The molecule has 16 nitrogen and oxygen atoms in total. The number of allylic oxidation sites excluding steroid dienone is 2. The Morgan fingerprint density at radius 2 is 1.83 bits per heavy atom. The molecule has 332 valence electrons. The van der Waals surface area contributed by atoms with E-state index in [9.17, 15) is 34.6 Å². The molecular weight excluding hydrogens is 766 g/mol. The summed E-state index contributed by atoms with van der Waals surface area (Å²) in [5.41, 5.74) is -1.52. The summed E-state index contributed by atoms with van der Waals surface area (Å²) >= 11 is 0. The van der Waals surface area contributed by atoms with Gasteiger partial charge in [-0.05, 0) is 51.7 Å². The number of cyclic esters (lactones) is 1. The number of hydrogen-bond acceptors (Lipinski definition) is 13. The molecule has 4 heterocycles. The number of carbonyl (C=O) groups excluding carboxylic acids is 4. The summed E-state index contributed by atoms with van der Waals surface area (Å²) in [6, 6.07) is 0. The molecule has 0 saturated carbocycles. The maximum absolute atomic E-state index is 13.7. The van der Waals surface area contributed by atoms with Gasteiger partial charge < -0.3 is 38.4 Å². The standard InChI is InChI=1S/C43H67N3O13/c1-9-33(59-53)31(4)40-34(56-40)28-42(5,52)17-10-11-29(2)39-30(3)12-13-35(43(6,54-8)18-16-32(47)27-38(50)58-39)57-41(51)44-19-22-46(7,23-20-44)24-26-55-25-21-45-36(48)14-15-37(45)49/h10-15,17,30-35,39-40,47,52H,9,16,18-28H2,1-8H3/p+1/b13-12+,17-10+,29-11+/t30-,31+,32+,33-,34+,35-,39+,40+,42-,43+/m0/s1. The SMILES string of the molecule is CC[C@H](OO)[C@@H](C)[C@H]1O[C@@H]1C[C@@](C)(O)/C=C/C=C(\C)[C@H]1OC(=O)C[C@H](O)CC[C@@](C)(OC)[C@@H](OC(=O)N2CC[N+](C)(CCOCCN3C(=O)C=CC3=O)CC2)/C=C/[C@@H]1C. The summed E-state index contributed by atoms with van der Waals surface area (Å²) in [7, 11) is 3.63. The highest BCUT2D eigenvalue weighted by atomic mass is 17.1. The highest BCUT2D eigenvalue weighted by molar-refractivity contribution is 6.12. The zero-order valence-electron chi connectivity index (χ0n) is 36.1. The lowest BCUT2D eigenvalue weighted by molar-refractivity contribution is -0.913. The summed E-state index contributed by atoms with van der Waals surface area (Å²) in [5, 5.41) is 31.2. The Morgan fingerprint density at radius 3 is 2.46 bits per heavy atom. The van der Waals surface area contributed by atoms with E-state index in [2.05, 4.69) is 11.9 Å². The molecule has 0 spiro atoms. The second-order valence-corrected chi connectivity index (χ2v) is 17.3. The molecule has 3 N–H and O–H groups in total. The molecule has 0 aromatic carbocycles. The molecule has 0 radical (unpaired) electrons. The number of methoxy groups -OCH3 is 1. The van der Waals surface area contributed by atoms with Gasteiger partial charge in [0.15, 0.2) is 6.10 Å². The van der Waals surface area contributed by atoms with Crippen LogP contribution in [0.3, 0.4) is 0 Å². The molecule has 3 amide bonds. The Morgan fingerprint density at radius 1 is 1.15 bits per heavy atom. The normalized spacial score (nSPS) is 31.9. The van der Waals surface area contributed by atoms with Gasteiger partial charge in [-0.3, -0.25) is 29.4 Å². The predicted octanol–water partition coefficient (Wildman–Crippen LogP) is 3.56. The third-order valence-electron chi connectivity index (χ3n) is 12.4. The first-order chi connectivity index (χ1) is 27.8. The first-order valence-corrected chi connectivity index (χ1v) is 20.9. The molecule has 0 aromatic heterocycles. The van der Waals surface area contributed by atoms with Gasteiger partial charge in [0.1, 0.15) is 18.2 Å². The number of hydrogen-bond donors (Lipinski definition) is 3. The van der Waals surface area contributed by atoms with Crippen LogP contribution in [-0.4, -0.2) is 168 Å². The molecular formula is C43H68N3O13+. The number of imide groups is 1. The summed E-state index contributed by atoms with van der Waals surface area (Å²) < 4.78 is 30.3. The van der Waals surface area contributed by atoms with Crippen molar-refractivity contribution in [3.8, 4) is 0 Å². The fourth-order valence-electron chi connectivity index (χ4n) is 7.90. The number of nitrogens with zero attached hydrogens (tertiary/aromatic N) is 3. The number of aliphatic hydroxyl groups excluding tert-OH is 1. The van der Waals surface area contributed by atoms with E-state index in [1.54, 1.807) is 36.1 Å². The van der Waals surface area contributed by atoms with Crippen molar-refractivity contribution in [2.24, 2.45) is 11.8 Å². The summed E-state index contributed by atoms with van der Waals surface area (Å²) in [4.78, 5) is 57.7. The van der Waals surface area contributed by atoms with Gasteiger partial charge in [-0.1, -0.05) is 45.1 Å². The van der Waals surface area contributed by atoms with E-state index < -0.39 is 41.6 Å². The maximum Gasteiger partial charge on any atom is 0.410 e. The van der Waals surface area contributed by atoms with Crippen molar-refractivity contribution in [1.82, 2.24) is 9.80 Å². The van der Waals surface area contributed by atoms with Crippen molar-refractivity contribution in [3.63, 3.8) is 0 Å². The number of amides is 3. The third-order valence-corrected chi connectivity index (χ3v) is 12.4. The van der Waals surface area contributed by atoms with Crippen LogP contribution in [0.2, 0.25) is 0 Å². The summed E-state index contributed by atoms with van der Waals surface area (Å²) in [5.74, 6) is -1.63. The van der Waals surface area contributed by atoms with E-state index in [4.69, 9.17) is 23.7 Å². The average Bonchev–Trinajstić information content (AvgIpc) is 3.87. The minimum absolute atomic E-state index is 0.0385. The van der Waals surface area contributed by atoms with E-state index in [1.807, 2.05) is 40.7 Å². The van der Waals surface area contributed by atoms with Gasteiger partial charge in [0.25, 0.3) is 11.8 Å². The topological polar surface area (TPSA) is 194 Å². The fraction of sp³-hybridized carbons (Fsp3) is 0.721. The molecule has 2 fully saturated rings. The molecule has 4 aliphatic rings. The second-order valence-electron chi connectivity index (χ2n) is 17.3. The Labute approximate surface area is 348 Å². The number of aliphatic hydroxyl groups is 2. The molecule has 0 aliphatic carbocycles. The van der Waals surface area contributed by atoms with Crippen molar-refractivity contribution in [1.29, 1.82) is 0 Å². The molecule has 2 saturated heterocycles. The van der Waals surface area contributed by atoms with Crippen LogP contribution in [0.25, 0.3) is 0 Å². The summed E-state index contributed by atoms with van der Waals surface area (Å²) in [6.07, 6.45) is 8.84. The van der Waals surface area contributed by atoms with Crippen molar-refractivity contribution in [3.05, 3.63) is 48.1 Å². The van der Waals surface area contributed by atoms with Crippen LogP contribution in [0.5, 0.6) is 0 Å². The van der Waals surface area contributed by atoms with Crippen LogP contribution in [-0.2, 0) is 43.0 Å². The van der Waals surface area contributed by atoms with Gasteiger partial charge in [-0.2, -0.15) is 0 Å². The number of likely N-dealkylation sites (N-methyl/N-ethyl adjacent to an activating group) is 1. The number of epoxide rings is 1. The zero-order chi connectivity index (χ0) is 43.5. The van der Waals surface area contributed by atoms with Crippen LogP contribution in [0.15, 0.2) is 48.1 Å². The van der Waals surface area contributed by atoms with Gasteiger partial charge in [-0.25, -0.2) is 9.68 Å². The highest BCUT2D eigenvalue weighted by Crippen LogP contribution is 2.38. The number of carbonyl (C=O) groups is 4. The molecule has 4 rings (SSSR count). The van der Waals surface area contributed by atoms with Gasteiger partial charge >= 0.3 is 12.1 Å². The predicted molar refractivity (Wildman–Crippen MR) is 217 cm³/mol. The van der Waals surface area contributed by atoms with Crippen molar-refractivity contribution in [2.45, 2.75) is 121 Å². The van der Waals surface area contributed by atoms with Gasteiger partial charge in [0.05, 0.1) is 89.4 Å². The van der Waals surface area contributed by atoms with Gasteiger partial charge in [0, 0.05) is 37.5 Å². The molecule has 59 heavy (non-hydrogen) atoms. The number of esters is 1. The molecule has 0 aromatic rings. The third kappa shape index (κ3) is 13.8. The molecule has 0 bridgehead atoms. The van der Waals surface area contributed by atoms with E-state index in [-0.39, 0.29) is 68.0 Å². The number of ether oxygens (including phenoxy) is 5. The van der Waals surface area contributed by atoms with Crippen LogP contribution in [0, 0.1) is 11.8 Å². The average molecular weight is 835 g/mol. The van der Waals surface area contributed by atoms with Crippen molar-refractivity contribution in [2.75, 3.05) is 66.6 Å². The second kappa shape index (κ2) is 21.4. The fourth-order valence-corrected chi connectivity index (χ4v) is 7.90. The van der Waals surface area contributed by atoms with E-state index in [0.29, 0.717) is 68.6 Å². The number of quaternary nitrogens is 1. The minimum atomic E-state index is -1.20. The Kier molecular flexibility index (Phi) is 17.4. The van der Waals surface area contributed by atoms with Crippen molar-refractivity contribution < 1.29 is 67.7 Å². The Bertz CT molecular complexity index is 1550. The highest BCUT2D eigenvalue weighted by Gasteiger charge is 2.48. The van der Waals surface area contributed by atoms with Crippen molar-refractivity contribution >= 4 is 23.9 Å². The van der Waals surface area contributed by atoms with Crippen LogP contribution < -0.4 is 0 Å². The van der Waals surface area contributed by atoms with Gasteiger partial charge in [-0.15, -0.1) is 0 Å². The smallest absolute Gasteiger partial charge is 0.410 e. The summed E-state index contributed by atoms with van der Waals surface area (Å²) in [6.45, 7) is 15.0. The molecule has 4 aliphatic heterocycles. The minimum Gasteiger partial charge on any atom is -0.457 e. The molecule has 16 heteroatoms. The maximum atomic E-state index is 13.7. The van der Waals surface area contributed by atoms with Crippen LogP contribution in [0.4, 0.5) is 4.79 Å². The van der Waals surface area contributed by atoms with E-state index in [0.717, 1.165) is 4.90 Å². The Balaban J connectivity index is 1.38. The molecule has 10 atom stereocenters. The zero-order valence-corrected chi connectivity index (χ0v) is 36.1. The lowest BCUT2D eigenvalue weighted by Gasteiger charge is -2.42. The van der Waals surface area contributed by atoms with E-state index in [1.165, 1.54) is 19.3 Å². The van der Waals surface area contributed by atoms with E-state index >= 15 is 0 Å². The first-order valence-electron chi connectivity index (χ1n) is 20.9. The monoisotopic (exact) mass is 834 g/mol. The molecule has 0 unspecified atom stereocenters. The Hall–Kier alpha value is -3.48. The number of rotatable bonds is 17. The van der Waals surface area contributed by atoms with Crippen LogP contribution in [0.1, 0.15) is 73.6 Å². The lowest BCUT2D eigenvalue weighted by Crippen LogP contribution is -2.60. The van der Waals surface area contributed by atoms with Gasteiger partial charge in [0.2, 0.25) is 0 Å². The first kappa shape index (κ1) is 48.2. The number of piperazine rings is 1. The van der Waals surface area contributed by atoms with Crippen LogP contribution >= 0.6 is 0 Å². The quantitative estimate of drug-likeness (QED) is 0.0222. The lowest BCUT2D eigenvalue weighted by atomic mass is 9.88.